The normalized spacial score (nSPS) is 22.2. The Hall–Kier alpha value is -3.09. The Morgan fingerprint density at radius 1 is 1.02 bits per heavy atom. The molecule has 2 fully saturated rings. The molecule has 0 bridgehead atoms. The molecule has 3 heterocycles. The third-order valence-electron chi connectivity index (χ3n) is 10.0. The van der Waals surface area contributed by atoms with Gasteiger partial charge in [0.1, 0.15) is 6.10 Å². The van der Waals surface area contributed by atoms with Crippen molar-refractivity contribution < 1.29 is 9.47 Å². The van der Waals surface area contributed by atoms with Crippen LogP contribution >= 0.6 is 0 Å². The second-order valence-corrected chi connectivity index (χ2v) is 12.3. The second-order valence-electron chi connectivity index (χ2n) is 12.3. The topological polar surface area (TPSA) is 46.9 Å². The van der Waals surface area contributed by atoms with Crippen LogP contribution in [-0.4, -0.2) is 53.3 Å². The van der Waals surface area contributed by atoms with Gasteiger partial charge in [0.15, 0.2) is 11.5 Å². The van der Waals surface area contributed by atoms with E-state index >= 15 is 0 Å². The summed E-state index contributed by atoms with van der Waals surface area (Å²) in [6, 6.07) is 13.6. The van der Waals surface area contributed by atoms with Crippen molar-refractivity contribution >= 4 is 0 Å². The summed E-state index contributed by atoms with van der Waals surface area (Å²) in [5.74, 6) is 1.54. The number of hydrogen-bond acceptors (Lipinski definition) is 5. The van der Waals surface area contributed by atoms with E-state index in [9.17, 15) is 4.79 Å². The number of nitrogens with zero attached hydrogens (tertiary/aromatic N) is 3. The Balaban J connectivity index is 1.18. The molecule has 0 radical (unpaired) electrons. The van der Waals surface area contributed by atoms with E-state index in [1.165, 1.54) is 24.0 Å². The summed E-state index contributed by atoms with van der Waals surface area (Å²) < 4.78 is 14.1. The lowest BCUT2D eigenvalue weighted by molar-refractivity contribution is 0.0364. The van der Waals surface area contributed by atoms with Gasteiger partial charge >= 0.3 is 0 Å². The highest BCUT2D eigenvalue weighted by Gasteiger charge is 2.52. The van der Waals surface area contributed by atoms with Gasteiger partial charge in [-0.3, -0.25) is 14.6 Å². The first-order chi connectivity index (χ1) is 19.2. The number of likely N-dealkylation sites (N-methyl/N-ethyl adjacent to an activating group) is 1. The van der Waals surface area contributed by atoms with Crippen molar-refractivity contribution in [3.8, 4) is 22.6 Å². The monoisotopic (exact) mass is 541 g/mol. The third kappa shape index (κ3) is 4.75. The minimum Gasteiger partial charge on any atom is -0.493 e. The zero-order valence-electron chi connectivity index (χ0n) is 24.9. The number of likely N-dealkylation sites (tertiary alicyclic amines) is 1. The molecule has 1 aliphatic carbocycles. The van der Waals surface area contributed by atoms with E-state index in [1.54, 1.807) is 24.3 Å². The highest BCUT2D eigenvalue weighted by Crippen LogP contribution is 2.50. The average molecular weight is 542 g/mol. The van der Waals surface area contributed by atoms with Crippen LogP contribution in [0.5, 0.6) is 11.5 Å². The first-order valence-corrected chi connectivity index (χ1v) is 14.8. The van der Waals surface area contributed by atoms with Crippen LogP contribution in [0.4, 0.5) is 0 Å². The van der Waals surface area contributed by atoms with E-state index in [-0.39, 0.29) is 17.2 Å². The molecule has 40 heavy (non-hydrogen) atoms. The number of benzene rings is 2. The number of hydrogen-bond donors (Lipinski definition) is 0. The zero-order chi connectivity index (χ0) is 28.2. The summed E-state index contributed by atoms with van der Waals surface area (Å²) in [6.45, 7) is 9.47. The van der Waals surface area contributed by atoms with Gasteiger partial charge in [-0.05, 0) is 93.5 Å². The van der Waals surface area contributed by atoms with Crippen molar-refractivity contribution in [3.63, 3.8) is 0 Å². The molecule has 1 saturated carbocycles. The molecule has 6 rings (SSSR count). The summed E-state index contributed by atoms with van der Waals surface area (Å²) in [4.78, 5) is 17.6. The van der Waals surface area contributed by atoms with Crippen LogP contribution in [0, 0.1) is 13.8 Å². The number of methoxy groups -OCH3 is 1. The molecule has 1 spiro atoms. The van der Waals surface area contributed by atoms with Gasteiger partial charge < -0.3 is 14.0 Å². The molecule has 212 valence electrons. The molecule has 2 unspecified atom stereocenters. The number of fused-ring (bicyclic) bond motifs is 1. The Kier molecular flexibility index (Phi) is 7.04. The fourth-order valence-corrected chi connectivity index (χ4v) is 7.01. The molecular weight excluding hydrogens is 498 g/mol. The van der Waals surface area contributed by atoms with Crippen molar-refractivity contribution in [1.82, 2.24) is 14.4 Å². The molecule has 0 amide bonds. The SMILES string of the molecule is COc1cc(-c2cn(C)c(=O)c(C)c2C)ccc1OC1CCN(Cc2cccc3c2CCN(C)C3C)C2(CC2)C1. The van der Waals surface area contributed by atoms with Crippen LogP contribution in [0.2, 0.25) is 0 Å². The van der Waals surface area contributed by atoms with Gasteiger partial charge in [-0.25, -0.2) is 0 Å². The van der Waals surface area contributed by atoms with Crippen LogP contribution in [0.3, 0.4) is 0 Å². The highest BCUT2D eigenvalue weighted by molar-refractivity contribution is 5.70. The summed E-state index contributed by atoms with van der Waals surface area (Å²) in [7, 11) is 5.74. The van der Waals surface area contributed by atoms with Crippen LogP contribution in [0.1, 0.15) is 66.5 Å². The van der Waals surface area contributed by atoms with Crippen LogP contribution in [0.25, 0.3) is 11.1 Å². The van der Waals surface area contributed by atoms with Crippen LogP contribution in [-0.2, 0) is 20.0 Å². The smallest absolute Gasteiger partial charge is 0.253 e. The number of rotatable bonds is 6. The molecule has 1 saturated heterocycles. The Morgan fingerprint density at radius 2 is 1.82 bits per heavy atom. The minimum absolute atomic E-state index is 0.0443. The molecule has 3 aromatic rings. The number of piperidine rings is 1. The quantitative estimate of drug-likeness (QED) is 0.395. The van der Waals surface area contributed by atoms with Crippen LogP contribution < -0.4 is 15.0 Å². The molecule has 2 aromatic carbocycles. The molecular formula is C34H43N3O3. The predicted molar refractivity (Wildman–Crippen MR) is 160 cm³/mol. The fourth-order valence-electron chi connectivity index (χ4n) is 7.01. The fraction of sp³-hybridized carbons (Fsp3) is 0.500. The van der Waals surface area contributed by atoms with Gasteiger partial charge in [0.05, 0.1) is 7.11 Å². The first kappa shape index (κ1) is 27.1. The maximum Gasteiger partial charge on any atom is 0.253 e. The third-order valence-corrected chi connectivity index (χ3v) is 10.0. The lowest BCUT2D eigenvalue weighted by Gasteiger charge is -2.41. The second kappa shape index (κ2) is 10.4. The van der Waals surface area contributed by atoms with Gasteiger partial charge in [0.2, 0.25) is 0 Å². The van der Waals surface area contributed by atoms with E-state index in [2.05, 4.69) is 48.0 Å². The Morgan fingerprint density at radius 3 is 2.58 bits per heavy atom. The Labute approximate surface area is 238 Å². The van der Waals surface area contributed by atoms with E-state index in [4.69, 9.17) is 9.47 Å². The van der Waals surface area contributed by atoms with Gasteiger partial charge in [-0.15, -0.1) is 0 Å². The summed E-state index contributed by atoms with van der Waals surface area (Å²) in [5, 5.41) is 0. The summed E-state index contributed by atoms with van der Waals surface area (Å²) >= 11 is 0. The average Bonchev–Trinajstić information content (AvgIpc) is 3.73. The van der Waals surface area contributed by atoms with E-state index in [1.807, 2.05) is 32.2 Å². The van der Waals surface area contributed by atoms with Crippen LogP contribution in [0.15, 0.2) is 47.4 Å². The minimum atomic E-state index is 0.0443. The van der Waals surface area contributed by atoms with Gasteiger partial charge in [0.25, 0.3) is 5.56 Å². The number of ether oxygens (including phenoxy) is 2. The first-order valence-electron chi connectivity index (χ1n) is 14.8. The van der Waals surface area contributed by atoms with E-state index < -0.39 is 0 Å². The van der Waals surface area contributed by atoms with Crippen molar-refractivity contribution in [2.75, 3.05) is 27.2 Å². The molecule has 2 aliphatic heterocycles. The van der Waals surface area contributed by atoms with Gasteiger partial charge in [-0.1, -0.05) is 24.3 Å². The molecule has 2 atom stereocenters. The summed E-state index contributed by atoms with van der Waals surface area (Å²) in [5.41, 5.74) is 8.76. The van der Waals surface area contributed by atoms with Gasteiger partial charge in [-0.2, -0.15) is 0 Å². The molecule has 6 nitrogen and oxygen atoms in total. The van der Waals surface area contributed by atoms with Crippen molar-refractivity contribution in [1.29, 1.82) is 0 Å². The maximum absolute atomic E-state index is 12.4. The predicted octanol–water partition coefficient (Wildman–Crippen LogP) is 5.80. The van der Waals surface area contributed by atoms with E-state index in [0.29, 0.717) is 6.04 Å². The van der Waals surface area contributed by atoms with Crippen molar-refractivity contribution in [2.24, 2.45) is 7.05 Å². The molecule has 3 aliphatic rings. The number of aromatic nitrogens is 1. The lowest BCUT2D eigenvalue weighted by Crippen LogP contribution is -2.47. The van der Waals surface area contributed by atoms with Gasteiger partial charge in [0, 0.05) is 62.0 Å². The molecule has 1 aromatic heterocycles. The highest BCUT2D eigenvalue weighted by atomic mass is 16.5. The molecule has 0 N–H and O–H groups in total. The van der Waals surface area contributed by atoms with Crippen molar-refractivity contribution in [2.45, 2.75) is 77.1 Å². The Bertz CT molecular complexity index is 1490. The largest absolute Gasteiger partial charge is 0.493 e. The zero-order valence-corrected chi connectivity index (χ0v) is 24.9. The number of aryl methyl sites for hydroxylation is 1. The van der Waals surface area contributed by atoms with E-state index in [0.717, 1.165) is 72.6 Å². The lowest BCUT2D eigenvalue weighted by atomic mass is 9.89. The molecule has 6 heteroatoms. The summed E-state index contributed by atoms with van der Waals surface area (Å²) in [6.07, 6.45) is 7.82. The standard InChI is InChI=1S/C34H43N3O3/c1-22-23(2)33(38)36(5)21-30(22)25-10-11-31(32(18-25)39-6)40-27-12-17-37(34(19-27)14-15-34)20-26-8-7-9-28-24(3)35(4)16-13-29(26)28/h7-11,18,21,24,27H,12-17,19-20H2,1-6H3. The maximum atomic E-state index is 12.4. The van der Waals surface area contributed by atoms with Crippen molar-refractivity contribution in [3.05, 3.63) is 80.8 Å². The number of pyridine rings is 1.